The molecule has 0 aliphatic rings. The maximum absolute atomic E-state index is 12.3. The Balaban J connectivity index is 1.21. The molecule has 0 aliphatic heterocycles. The van der Waals surface area contributed by atoms with Crippen LogP contribution >= 0.6 is 11.3 Å². The summed E-state index contributed by atoms with van der Waals surface area (Å²) in [6.45, 7) is 0.989. The highest BCUT2D eigenvalue weighted by Crippen LogP contribution is 2.20. The number of carbonyl (C=O) groups is 1. The van der Waals surface area contributed by atoms with E-state index in [-0.39, 0.29) is 12.3 Å². The summed E-state index contributed by atoms with van der Waals surface area (Å²) in [7, 11) is 0. The van der Waals surface area contributed by atoms with Gasteiger partial charge in [-0.2, -0.15) is 0 Å². The molecule has 0 saturated carbocycles. The Morgan fingerprint density at radius 1 is 0.935 bits per heavy atom. The third-order valence-corrected chi connectivity index (χ3v) is 5.26. The lowest BCUT2D eigenvalue weighted by molar-refractivity contribution is -0.120. The minimum absolute atomic E-state index is 0.0703. The van der Waals surface area contributed by atoms with Crippen molar-refractivity contribution in [3.05, 3.63) is 101 Å². The molecule has 4 rings (SSSR count). The summed E-state index contributed by atoms with van der Waals surface area (Å²) in [4.78, 5) is 20.9. The maximum atomic E-state index is 12.3. The fourth-order valence-corrected chi connectivity index (χ4v) is 3.58. The van der Waals surface area contributed by atoms with Crippen LogP contribution in [0.4, 0.5) is 10.9 Å². The summed E-state index contributed by atoms with van der Waals surface area (Å²) < 4.78 is 5.79. The third-order valence-electron chi connectivity index (χ3n) is 4.45. The molecule has 7 heteroatoms. The summed E-state index contributed by atoms with van der Waals surface area (Å²) in [5.41, 5.74) is 2.86. The number of pyridine rings is 1. The summed E-state index contributed by atoms with van der Waals surface area (Å²) in [6.07, 6.45) is 1.95. The molecule has 2 aromatic heterocycles. The number of amides is 1. The number of rotatable bonds is 9. The van der Waals surface area contributed by atoms with E-state index in [9.17, 15) is 4.79 Å². The van der Waals surface area contributed by atoms with Crippen LogP contribution in [0.5, 0.6) is 5.75 Å². The van der Waals surface area contributed by atoms with Crippen LogP contribution in [0.2, 0.25) is 0 Å². The molecule has 1 amide bonds. The van der Waals surface area contributed by atoms with Crippen molar-refractivity contribution in [1.29, 1.82) is 0 Å². The minimum Gasteiger partial charge on any atom is -0.489 e. The Morgan fingerprint density at radius 2 is 1.74 bits per heavy atom. The average molecular weight is 431 g/mol. The second-order valence-electron chi connectivity index (χ2n) is 6.86. The minimum atomic E-state index is -0.0703. The maximum Gasteiger partial charge on any atom is 0.226 e. The van der Waals surface area contributed by atoms with Gasteiger partial charge in [-0.15, -0.1) is 11.3 Å². The van der Waals surface area contributed by atoms with E-state index >= 15 is 0 Å². The van der Waals surface area contributed by atoms with E-state index in [1.54, 1.807) is 6.20 Å². The van der Waals surface area contributed by atoms with Crippen LogP contribution in [0.3, 0.4) is 0 Å². The Bertz CT molecular complexity index is 1100. The van der Waals surface area contributed by atoms with E-state index in [0.717, 1.165) is 28.4 Å². The van der Waals surface area contributed by atoms with Crippen LogP contribution in [0, 0.1) is 0 Å². The lowest BCUT2D eigenvalue weighted by atomic mass is 10.2. The number of anilines is 2. The first kappa shape index (κ1) is 20.6. The molecular formula is C24H22N4O2S. The van der Waals surface area contributed by atoms with Crippen LogP contribution in [-0.4, -0.2) is 15.9 Å². The van der Waals surface area contributed by atoms with Crippen molar-refractivity contribution in [1.82, 2.24) is 15.3 Å². The van der Waals surface area contributed by atoms with Crippen molar-refractivity contribution >= 4 is 28.2 Å². The number of carbonyl (C=O) groups excluding carboxylic acids is 1. The van der Waals surface area contributed by atoms with Crippen molar-refractivity contribution in [2.45, 2.75) is 19.6 Å². The van der Waals surface area contributed by atoms with Crippen LogP contribution < -0.4 is 15.4 Å². The number of hydrogen-bond donors (Lipinski definition) is 2. The largest absolute Gasteiger partial charge is 0.489 e. The standard InChI is InChI=1S/C24H22N4O2S/c29-23(14-20-17-31-24(27-20)28-22-8-4-5-13-25-22)26-15-18-9-11-21(12-10-18)30-16-19-6-2-1-3-7-19/h1-13,17H,14-16H2,(H,26,29)(H,25,27,28). The predicted molar refractivity (Wildman–Crippen MR) is 122 cm³/mol. The van der Waals surface area contributed by atoms with E-state index < -0.39 is 0 Å². The van der Waals surface area contributed by atoms with Crippen LogP contribution in [0.1, 0.15) is 16.8 Å². The van der Waals surface area contributed by atoms with E-state index in [1.807, 2.05) is 78.2 Å². The molecule has 2 heterocycles. The Kier molecular flexibility index (Phi) is 6.87. The molecule has 0 aliphatic carbocycles. The Morgan fingerprint density at radius 3 is 2.52 bits per heavy atom. The molecule has 6 nitrogen and oxygen atoms in total. The zero-order valence-corrected chi connectivity index (χ0v) is 17.6. The van der Waals surface area contributed by atoms with Gasteiger partial charge in [0.2, 0.25) is 5.91 Å². The molecule has 0 saturated heterocycles. The number of nitrogens with one attached hydrogen (secondary N) is 2. The summed E-state index contributed by atoms with van der Waals surface area (Å²) in [6, 6.07) is 23.4. The SMILES string of the molecule is O=C(Cc1csc(Nc2ccccn2)n1)NCc1ccc(OCc2ccccc2)cc1. The molecule has 0 radical (unpaired) electrons. The van der Waals surface area contributed by atoms with Crippen LogP contribution in [-0.2, 0) is 24.4 Å². The summed E-state index contributed by atoms with van der Waals surface area (Å²) in [5.74, 6) is 1.46. The molecule has 0 spiro atoms. The fourth-order valence-electron chi connectivity index (χ4n) is 2.86. The van der Waals surface area contributed by atoms with Gasteiger partial charge in [-0.3, -0.25) is 4.79 Å². The van der Waals surface area contributed by atoms with Crippen LogP contribution in [0.25, 0.3) is 0 Å². The highest BCUT2D eigenvalue weighted by molar-refractivity contribution is 7.13. The monoisotopic (exact) mass is 430 g/mol. The second kappa shape index (κ2) is 10.4. The van der Waals surface area contributed by atoms with Gasteiger partial charge in [-0.1, -0.05) is 48.5 Å². The smallest absolute Gasteiger partial charge is 0.226 e. The van der Waals surface area contributed by atoms with Gasteiger partial charge in [0.05, 0.1) is 12.1 Å². The summed E-state index contributed by atoms with van der Waals surface area (Å²) >= 11 is 1.45. The molecule has 0 bridgehead atoms. The quantitative estimate of drug-likeness (QED) is 0.402. The number of aromatic nitrogens is 2. The van der Waals surface area contributed by atoms with Gasteiger partial charge >= 0.3 is 0 Å². The molecule has 2 aromatic carbocycles. The highest BCUT2D eigenvalue weighted by atomic mass is 32.1. The molecule has 0 unspecified atom stereocenters. The van der Waals surface area contributed by atoms with Crippen molar-refractivity contribution < 1.29 is 9.53 Å². The second-order valence-corrected chi connectivity index (χ2v) is 7.71. The van der Waals surface area contributed by atoms with Crippen LogP contribution in [0.15, 0.2) is 84.4 Å². The molecular weight excluding hydrogens is 408 g/mol. The number of ether oxygens (including phenoxy) is 1. The summed E-state index contributed by atoms with van der Waals surface area (Å²) in [5, 5.41) is 8.66. The van der Waals surface area contributed by atoms with E-state index in [4.69, 9.17) is 4.74 Å². The number of hydrogen-bond acceptors (Lipinski definition) is 6. The van der Waals surface area contributed by atoms with Gasteiger partial charge in [0.1, 0.15) is 18.2 Å². The number of nitrogens with zero attached hydrogens (tertiary/aromatic N) is 2. The van der Waals surface area contributed by atoms with E-state index in [1.165, 1.54) is 11.3 Å². The first-order valence-corrected chi connectivity index (χ1v) is 10.8. The van der Waals surface area contributed by atoms with E-state index in [0.29, 0.717) is 18.3 Å². The molecule has 31 heavy (non-hydrogen) atoms. The van der Waals surface area contributed by atoms with Gasteiger partial charge in [-0.25, -0.2) is 9.97 Å². The van der Waals surface area contributed by atoms with E-state index in [2.05, 4.69) is 20.6 Å². The molecule has 2 N–H and O–H groups in total. The number of benzene rings is 2. The Hall–Kier alpha value is -3.71. The highest BCUT2D eigenvalue weighted by Gasteiger charge is 2.08. The predicted octanol–water partition coefficient (Wildman–Crippen LogP) is 4.72. The van der Waals surface area contributed by atoms with Gasteiger partial charge in [0.25, 0.3) is 0 Å². The first-order chi connectivity index (χ1) is 15.2. The molecule has 0 atom stereocenters. The lowest BCUT2D eigenvalue weighted by Gasteiger charge is -2.08. The van der Waals surface area contributed by atoms with Crippen molar-refractivity contribution in [2.24, 2.45) is 0 Å². The van der Waals surface area contributed by atoms with Crippen molar-refractivity contribution in [2.75, 3.05) is 5.32 Å². The number of thiazole rings is 1. The topological polar surface area (TPSA) is 76.1 Å². The molecule has 4 aromatic rings. The zero-order chi connectivity index (χ0) is 21.3. The van der Waals surface area contributed by atoms with Gasteiger partial charge in [-0.05, 0) is 35.4 Å². The van der Waals surface area contributed by atoms with Crippen molar-refractivity contribution in [3.63, 3.8) is 0 Å². The molecule has 156 valence electrons. The van der Waals surface area contributed by atoms with Crippen molar-refractivity contribution in [3.8, 4) is 5.75 Å². The van der Waals surface area contributed by atoms with Gasteiger partial charge < -0.3 is 15.4 Å². The lowest BCUT2D eigenvalue weighted by Crippen LogP contribution is -2.24. The third kappa shape index (κ3) is 6.38. The molecule has 0 fully saturated rings. The van der Waals surface area contributed by atoms with Gasteiger partial charge in [0.15, 0.2) is 5.13 Å². The zero-order valence-electron chi connectivity index (χ0n) is 16.8. The van der Waals surface area contributed by atoms with Gasteiger partial charge in [0, 0.05) is 18.1 Å². The fraction of sp³-hybridized carbons (Fsp3) is 0.125. The normalized spacial score (nSPS) is 10.5. The first-order valence-electron chi connectivity index (χ1n) is 9.89. The average Bonchev–Trinajstić information content (AvgIpc) is 3.25. The Labute approximate surface area is 185 Å².